The number of alkyl halides is 3. The third kappa shape index (κ3) is 5.04. The van der Waals surface area contributed by atoms with Gasteiger partial charge in [-0.1, -0.05) is 0 Å². The molecule has 1 heterocycles. The van der Waals surface area contributed by atoms with Gasteiger partial charge < -0.3 is 5.32 Å². The van der Waals surface area contributed by atoms with Crippen molar-refractivity contribution in [1.82, 2.24) is 10.3 Å². The molecule has 0 spiro atoms. The summed E-state index contributed by atoms with van der Waals surface area (Å²) in [7, 11) is 1.77. The monoisotopic (exact) mass is 260 g/mol. The molecule has 0 aliphatic carbocycles. The summed E-state index contributed by atoms with van der Waals surface area (Å²) >= 11 is 0. The first-order valence-corrected chi connectivity index (χ1v) is 6.01. The quantitative estimate of drug-likeness (QED) is 0.873. The van der Waals surface area contributed by atoms with Gasteiger partial charge >= 0.3 is 6.18 Å². The molecule has 102 valence electrons. The van der Waals surface area contributed by atoms with E-state index in [2.05, 4.69) is 10.3 Å². The fourth-order valence-corrected chi connectivity index (χ4v) is 2.05. The van der Waals surface area contributed by atoms with Crippen LogP contribution in [0.3, 0.4) is 0 Å². The van der Waals surface area contributed by atoms with Crippen LogP contribution in [0.1, 0.15) is 42.3 Å². The molecule has 1 aromatic rings. The fourth-order valence-electron chi connectivity index (χ4n) is 2.05. The largest absolute Gasteiger partial charge is 0.389 e. The Balaban J connectivity index is 2.65. The van der Waals surface area contributed by atoms with E-state index in [0.29, 0.717) is 6.42 Å². The Kier molecular flexibility index (Phi) is 5.14. The van der Waals surface area contributed by atoms with Crippen LogP contribution in [0.25, 0.3) is 0 Å². The van der Waals surface area contributed by atoms with Gasteiger partial charge in [-0.3, -0.25) is 4.98 Å². The molecule has 0 bridgehead atoms. The Morgan fingerprint density at radius 2 is 1.78 bits per heavy atom. The van der Waals surface area contributed by atoms with Crippen LogP contribution in [0.2, 0.25) is 0 Å². The summed E-state index contributed by atoms with van der Waals surface area (Å²) in [4.78, 5) is 4.26. The Labute approximate surface area is 106 Å². The molecule has 1 unspecified atom stereocenters. The first-order chi connectivity index (χ1) is 8.31. The lowest BCUT2D eigenvalue weighted by molar-refractivity contribution is -0.135. The summed E-state index contributed by atoms with van der Waals surface area (Å²) in [6.07, 6.45) is -4.19. The molecule has 0 saturated carbocycles. The van der Waals surface area contributed by atoms with Gasteiger partial charge in [-0.2, -0.15) is 13.2 Å². The number of aryl methyl sites for hydroxylation is 2. The number of hydrogen-bond donors (Lipinski definition) is 1. The minimum atomic E-state index is -4.07. The van der Waals surface area contributed by atoms with Crippen molar-refractivity contribution in [3.63, 3.8) is 0 Å². The standard InChI is InChI=1S/C13H19F3N2/c1-9-7-11(8-10(2)18-9)12(17-3)5-4-6-13(14,15)16/h7-8,12,17H,4-6H2,1-3H3. The van der Waals surface area contributed by atoms with Gasteiger partial charge in [0, 0.05) is 23.9 Å². The van der Waals surface area contributed by atoms with E-state index in [0.717, 1.165) is 17.0 Å². The lowest BCUT2D eigenvalue weighted by atomic mass is 10.0. The molecule has 18 heavy (non-hydrogen) atoms. The maximum atomic E-state index is 12.1. The summed E-state index contributed by atoms with van der Waals surface area (Å²) in [5.41, 5.74) is 2.78. The van der Waals surface area contributed by atoms with Gasteiger partial charge in [-0.25, -0.2) is 0 Å². The molecule has 5 heteroatoms. The normalized spacial score (nSPS) is 13.7. The van der Waals surface area contributed by atoms with Gasteiger partial charge in [0.2, 0.25) is 0 Å². The van der Waals surface area contributed by atoms with Crippen LogP contribution in [-0.2, 0) is 0 Å². The third-order valence-electron chi connectivity index (χ3n) is 2.81. The van der Waals surface area contributed by atoms with Crippen LogP contribution >= 0.6 is 0 Å². The molecule has 1 rings (SSSR count). The van der Waals surface area contributed by atoms with E-state index in [1.54, 1.807) is 7.05 Å². The van der Waals surface area contributed by atoms with Gasteiger partial charge in [0.1, 0.15) is 0 Å². The Hall–Kier alpha value is -1.10. The smallest absolute Gasteiger partial charge is 0.313 e. The number of halogens is 3. The SMILES string of the molecule is CNC(CCCC(F)(F)F)c1cc(C)nc(C)c1. The van der Waals surface area contributed by atoms with Crippen molar-refractivity contribution in [1.29, 1.82) is 0 Å². The molecule has 1 aromatic heterocycles. The second-order valence-corrected chi connectivity index (χ2v) is 4.53. The van der Waals surface area contributed by atoms with Crippen LogP contribution < -0.4 is 5.32 Å². The van der Waals surface area contributed by atoms with Gasteiger partial charge in [0.15, 0.2) is 0 Å². The van der Waals surface area contributed by atoms with Crippen molar-refractivity contribution < 1.29 is 13.2 Å². The maximum Gasteiger partial charge on any atom is 0.389 e. The van der Waals surface area contributed by atoms with Crippen LogP contribution in [0, 0.1) is 13.8 Å². The second-order valence-electron chi connectivity index (χ2n) is 4.53. The predicted molar refractivity (Wildman–Crippen MR) is 65.4 cm³/mol. The van der Waals surface area contributed by atoms with Crippen LogP contribution in [0.5, 0.6) is 0 Å². The minimum absolute atomic E-state index is 0.0484. The zero-order valence-corrected chi connectivity index (χ0v) is 10.9. The zero-order chi connectivity index (χ0) is 13.8. The van der Waals surface area contributed by atoms with Crippen molar-refractivity contribution in [3.05, 3.63) is 29.1 Å². The van der Waals surface area contributed by atoms with E-state index in [-0.39, 0.29) is 12.5 Å². The molecule has 0 radical (unpaired) electrons. The highest BCUT2D eigenvalue weighted by molar-refractivity contribution is 5.23. The number of pyridine rings is 1. The summed E-state index contributed by atoms with van der Waals surface area (Å²) in [6.45, 7) is 3.78. The van der Waals surface area contributed by atoms with Gasteiger partial charge in [-0.05, 0) is 51.4 Å². The lowest BCUT2D eigenvalue weighted by Crippen LogP contribution is -2.18. The molecule has 0 saturated heterocycles. The average Bonchev–Trinajstić information content (AvgIpc) is 2.21. The Bertz CT molecular complexity index is 368. The number of rotatable bonds is 5. The average molecular weight is 260 g/mol. The molecule has 2 nitrogen and oxygen atoms in total. The summed E-state index contributed by atoms with van der Waals surface area (Å²) < 4.78 is 36.3. The number of nitrogens with zero attached hydrogens (tertiary/aromatic N) is 1. The van der Waals surface area contributed by atoms with Crippen molar-refractivity contribution >= 4 is 0 Å². The number of nitrogens with one attached hydrogen (secondary N) is 1. The predicted octanol–water partition coefficient (Wildman–Crippen LogP) is 3.69. The fraction of sp³-hybridized carbons (Fsp3) is 0.615. The number of hydrogen-bond acceptors (Lipinski definition) is 2. The molecule has 0 amide bonds. The van der Waals surface area contributed by atoms with Gasteiger partial charge in [0.05, 0.1) is 0 Å². The first kappa shape index (κ1) is 15.0. The Morgan fingerprint density at radius 1 is 1.22 bits per heavy atom. The highest BCUT2D eigenvalue weighted by Crippen LogP contribution is 2.26. The summed E-state index contributed by atoms with van der Waals surface area (Å²) in [5.74, 6) is 0. The molecule has 1 atom stereocenters. The molecule has 0 aromatic carbocycles. The molecule has 1 N–H and O–H groups in total. The van der Waals surface area contributed by atoms with Crippen molar-refractivity contribution in [2.45, 2.75) is 45.3 Å². The van der Waals surface area contributed by atoms with Crippen LogP contribution in [-0.4, -0.2) is 18.2 Å². The van der Waals surface area contributed by atoms with Crippen molar-refractivity contribution in [2.24, 2.45) is 0 Å². The Morgan fingerprint density at radius 3 is 2.22 bits per heavy atom. The zero-order valence-electron chi connectivity index (χ0n) is 10.9. The first-order valence-electron chi connectivity index (χ1n) is 6.01. The summed E-state index contributed by atoms with van der Waals surface area (Å²) in [6, 6.07) is 3.79. The highest BCUT2D eigenvalue weighted by Gasteiger charge is 2.26. The van der Waals surface area contributed by atoms with Crippen molar-refractivity contribution in [3.8, 4) is 0 Å². The van der Waals surface area contributed by atoms with E-state index in [9.17, 15) is 13.2 Å². The minimum Gasteiger partial charge on any atom is -0.313 e. The van der Waals surface area contributed by atoms with Crippen LogP contribution in [0.4, 0.5) is 13.2 Å². The summed E-state index contributed by atoms with van der Waals surface area (Å²) in [5, 5.41) is 3.06. The molecular formula is C13H19F3N2. The van der Waals surface area contributed by atoms with Crippen LogP contribution in [0.15, 0.2) is 12.1 Å². The topological polar surface area (TPSA) is 24.9 Å². The molecule has 0 fully saturated rings. The van der Waals surface area contributed by atoms with Gasteiger partial charge in [0.25, 0.3) is 0 Å². The van der Waals surface area contributed by atoms with E-state index in [1.807, 2.05) is 26.0 Å². The van der Waals surface area contributed by atoms with Gasteiger partial charge in [-0.15, -0.1) is 0 Å². The third-order valence-corrected chi connectivity index (χ3v) is 2.81. The highest BCUT2D eigenvalue weighted by atomic mass is 19.4. The second kappa shape index (κ2) is 6.18. The van der Waals surface area contributed by atoms with E-state index >= 15 is 0 Å². The maximum absolute atomic E-state index is 12.1. The van der Waals surface area contributed by atoms with E-state index < -0.39 is 12.6 Å². The molecule has 0 aliphatic heterocycles. The molecule has 0 aliphatic rings. The van der Waals surface area contributed by atoms with E-state index in [4.69, 9.17) is 0 Å². The number of aromatic nitrogens is 1. The lowest BCUT2D eigenvalue weighted by Gasteiger charge is -2.18. The molecular weight excluding hydrogens is 241 g/mol. The van der Waals surface area contributed by atoms with E-state index in [1.165, 1.54) is 0 Å². The van der Waals surface area contributed by atoms with Crippen molar-refractivity contribution in [2.75, 3.05) is 7.05 Å².